The van der Waals surface area contributed by atoms with E-state index in [-0.39, 0.29) is 25.2 Å². The Hall–Kier alpha value is -3.68. The molecule has 1 aliphatic rings. The van der Waals surface area contributed by atoms with Crippen LogP contribution in [0.25, 0.3) is 10.9 Å². The number of nitrogens with one attached hydrogen (secondary N) is 1. The van der Waals surface area contributed by atoms with Gasteiger partial charge < -0.3 is 30.8 Å². The van der Waals surface area contributed by atoms with Crippen molar-refractivity contribution in [2.45, 2.75) is 19.9 Å². The highest BCUT2D eigenvalue weighted by Gasteiger charge is 2.19. The summed E-state index contributed by atoms with van der Waals surface area (Å²) in [7, 11) is 0. The average Bonchev–Trinajstić information content (AvgIpc) is 3.32. The summed E-state index contributed by atoms with van der Waals surface area (Å²) in [6.45, 7) is 3.15. The van der Waals surface area contributed by atoms with Crippen LogP contribution in [0.2, 0.25) is 0 Å². The zero-order valence-corrected chi connectivity index (χ0v) is 16.9. The summed E-state index contributed by atoms with van der Waals surface area (Å²) >= 11 is 0. The van der Waals surface area contributed by atoms with Gasteiger partial charge in [-0.2, -0.15) is 0 Å². The predicted octanol–water partition coefficient (Wildman–Crippen LogP) is 2.05. The molecule has 5 N–H and O–H groups in total. The van der Waals surface area contributed by atoms with Gasteiger partial charge in [-0.05, 0) is 42.7 Å². The van der Waals surface area contributed by atoms with Crippen molar-refractivity contribution in [1.29, 1.82) is 0 Å². The molecule has 0 aliphatic carbocycles. The number of nitrogens with two attached hydrogens (primary N) is 2. The number of amides is 1. The minimum atomic E-state index is -0.140. The monoisotopic (exact) mass is 407 g/mol. The predicted molar refractivity (Wildman–Crippen MR) is 115 cm³/mol. The number of hydrogen-bond acceptors (Lipinski definition) is 4. The van der Waals surface area contributed by atoms with Gasteiger partial charge in [0.1, 0.15) is 6.54 Å². The highest BCUT2D eigenvalue weighted by atomic mass is 16.7. The lowest BCUT2D eigenvalue weighted by molar-refractivity contribution is -0.130. The molecule has 0 saturated carbocycles. The molecule has 2 aromatic carbocycles. The lowest BCUT2D eigenvalue weighted by Gasteiger charge is -2.22. The number of guanidine groups is 1. The number of aryl methyl sites for hydroxylation is 1. The summed E-state index contributed by atoms with van der Waals surface area (Å²) in [6.07, 6.45) is 0.716. The molecule has 8 heteroatoms. The number of hydrogen-bond donors (Lipinski definition) is 3. The number of aliphatic imine (C=N–C) groups is 1. The second kappa shape index (κ2) is 8.36. The first-order valence-corrected chi connectivity index (χ1v) is 9.79. The van der Waals surface area contributed by atoms with E-state index in [1.807, 2.05) is 30.3 Å². The molecule has 30 heavy (non-hydrogen) atoms. The standard InChI is InChI=1S/C22H25N5O3/c1-14-16(17-4-2-3-5-18(17)26-14)8-9-27(21(28)11-25-22(23)24)12-15-6-7-19-20(10-15)30-13-29-19/h2-7,10,26H,8-9,11-13H2,1H3,(H4,23,24,25). The third-order valence-electron chi connectivity index (χ3n) is 5.22. The number of carbonyl (C=O) groups excluding carboxylic acids is 1. The maximum absolute atomic E-state index is 12.8. The van der Waals surface area contributed by atoms with Crippen molar-refractivity contribution in [3.8, 4) is 11.5 Å². The number of ether oxygens (including phenoxy) is 2. The van der Waals surface area contributed by atoms with Gasteiger partial charge in [0.15, 0.2) is 17.5 Å². The number of benzene rings is 2. The third kappa shape index (κ3) is 4.17. The van der Waals surface area contributed by atoms with Crippen molar-refractivity contribution in [1.82, 2.24) is 9.88 Å². The summed E-state index contributed by atoms with van der Waals surface area (Å²) in [5.41, 5.74) is 15.2. The first kappa shape index (κ1) is 19.6. The molecule has 156 valence electrons. The molecule has 0 radical (unpaired) electrons. The first-order valence-electron chi connectivity index (χ1n) is 9.79. The van der Waals surface area contributed by atoms with Crippen LogP contribution >= 0.6 is 0 Å². The zero-order valence-electron chi connectivity index (χ0n) is 16.9. The van der Waals surface area contributed by atoms with E-state index in [2.05, 4.69) is 29.0 Å². The molecule has 4 rings (SSSR count). The molecule has 1 aliphatic heterocycles. The number of H-pyrrole nitrogens is 1. The van der Waals surface area contributed by atoms with Crippen LogP contribution in [0.5, 0.6) is 11.5 Å². The second-order valence-corrected chi connectivity index (χ2v) is 7.27. The first-order chi connectivity index (χ1) is 14.5. The van der Waals surface area contributed by atoms with Crippen molar-refractivity contribution in [3.05, 3.63) is 59.3 Å². The van der Waals surface area contributed by atoms with E-state index in [1.165, 1.54) is 10.9 Å². The maximum Gasteiger partial charge on any atom is 0.244 e. The van der Waals surface area contributed by atoms with E-state index in [0.29, 0.717) is 31.0 Å². The highest BCUT2D eigenvalue weighted by Crippen LogP contribution is 2.33. The fraction of sp³-hybridized carbons (Fsp3) is 0.273. The van der Waals surface area contributed by atoms with Crippen LogP contribution in [0, 0.1) is 6.92 Å². The average molecular weight is 407 g/mol. The molecule has 1 amide bonds. The quantitative estimate of drug-likeness (QED) is 0.409. The van der Waals surface area contributed by atoms with Gasteiger partial charge in [-0.1, -0.05) is 24.3 Å². The Labute approximate surface area is 174 Å². The normalized spacial score (nSPS) is 12.2. The number of aromatic nitrogens is 1. The smallest absolute Gasteiger partial charge is 0.244 e. The summed E-state index contributed by atoms with van der Waals surface area (Å²) < 4.78 is 10.8. The van der Waals surface area contributed by atoms with Crippen molar-refractivity contribution in [2.24, 2.45) is 16.5 Å². The Balaban J connectivity index is 1.54. The van der Waals surface area contributed by atoms with Crippen LogP contribution in [0.15, 0.2) is 47.5 Å². The molecular formula is C22H25N5O3. The Kier molecular flexibility index (Phi) is 5.47. The number of rotatable bonds is 7. The third-order valence-corrected chi connectivity index (χ3v) is 5.22. The number of aromatic amines is 1. The van der Waals surface area contributed by atoms with Gasteiger partial charge in [0.05, 0.1) is 0 Å². The lowest BCUT2D eigenvalue weighted by Crippen LogP contribution is -2.35. The number of fused-ring (bicyclic) bond motifs is 2. The Morgan fingerprint density at radius 1 is 1.17 bits per heavy atom. The molecule has 1 aromatic heterocycles. The molecule has 3 aromatic rings. The van der Waals surface area contributed by atoms with Gasteiger partial charge in [-0.25, -0.2) is 4.99 Å². The van der Waals surface area contributed by atoms with Gasteiger partial charge in [0.25, 0.3) is 0 Å². The van der Waals surface area contributed by atoms with Crippen molar-refractivity contribution < 1.29 is 14.3 Å². The molecule has 8 nitrogen and oxygen atoms in total. The van der Waals surface area contributed by atoms with Gasteiger partial charge >= 0.3 is 0 Å². The summed E-state index contributed by atoms with van der Waals surface area (Å²) in [6, 6.07) is 13.9. The molecule has 0 atom stereocenters. The van der Waals surface area contributed by atoms with Crippen LogP contribution in [-0.2, 0) is 17.8 Å². The van der Waals surface area contributed by atoms with Crippen molar-refractivity contribution in [3.63, 3.8) is 0 Å². The molecule has 0 unspecified atom stereocenters. The van der Waals surface area contributed by atoms with Crippen LogP contribution in [-0.4, -0.2) is 41.6 Å². The minimum Gasteiger partial charge on any atom is -0.454 e. The van der Waals surface area contributed by atoms with E-state index in [4.69, 9.17) is 20.9 Å². The SMILES string of the molecule is Cc1[nH]c2ccccc2c1CCN(Cc1ccc2c(c1)OCO2)C(=O)CN=C(N)N. The molecule has 0 saturated heterocycles. The number of para-hydroxylation sites is 1. The van der Waals surface area contributed by atoms with Crippen molar-refractivity contribution in [2.75, 3.05) is 19.9 Å². The van der Waals surface area contributed by atoms with E-state index in [9.17, 15) is 4.79 Å². The topological polar surface area (TPSA) is 119 Å². The van der Waals surface area contributed by atoms with Crippen LogP contribution in [0.4, 0.5) is 0 Å². The molecule has 0 spiro atoms. The van der Waals surface area contributed by atoms with Gasteiger partial charge in [0, 0.05) is 29.7 Å². The van der Waals surface area contributed by atoms with E-state index < -0.39 is 0 Å². The number of nitrogens with zero attached hydrogens (tertiary/aromatic N) is 2. The molecular weight excluding hydrogens is 382 g/mol. The highest BCUT2D eigenvalue weighted by molar-refractivity contribution is 5.85. The minimum absolute atomic E-state index is 0.0836. The zero-order chi connectivity index (χ0) is 21.1. The van der Waals surface area contributed by atoms with Gasteiger partial charge in [-0.15, -0.1) is 0 Å². The van der Waals surface area contributed by atoms with Crippen LogP contribution in [0.3, 0.4) is 0 Å². The largest absolute Gasteiger partial charge is 0.454 e. The molecule has 0 bridgehead atoms. The maximum atomic E-state index is 12.8. The number of carbonyl (C=O) groups is 1. The summed E-state index contributed by atoms with van der Waals surface area (Å²) in [5.74, 6) is 1.17. The van der Waals surface area contributed by atoms with Gasteiger partial charge in [0.2, 0.25) is 12.7 Å². The Bertz CT molecular complexity index is 1100. The Morgan fingerprint density at radius 2 is 1.97 bits per heavy atom. The summed E-state index contributed by atoms with van der Waals surface area (Å²) in [5, 5.41) is 1.18. The van der Waals surface area contributed by atoms with Crippen LogP contribution < -0.4 is 20.9 Å². The lowest BCUT2D eigenvalue weighted by atomic mass is 10.1. The van der Waals surface area contributed by atoms with Crippen LogP contribution in [0.1, 0.15) is 16.8 Å². The molecule has 2 heterocycles. The fourth-order valence-corrected chi connectivity index (χ4v) is 3.71. The second-order valence-electron chi connectivity index (χ2n) is 7.27. The molecule has 0 fully saturated rings. The summed E-state index contributed by atoms with van der Waals surface area (Å²) in [4.78, 5) is 21.9. The van der Waals surface area contributed by atoms with E-state index in [0.717, 1.165) is 16.8 Å². The van der Waals surface area contributed by atoms with E-state index >= 15 is 0 Å². The van der Waals surface area contributed by atoms with E-state index in [1.54, 1.807) is 4.90 Å². The van der Waals surface area contributed by atoms with Gasteiger partial charge in [-0.3, -0.25) is 4.79 Å². The van der Waals surface area contributed by atoms with Crippen molar-refractivity contribution >= 4 is 22.8 Å². The Morgan fingerprint density at radius 3 is 2.80 bits per heavy atom. The fourth-order valence-electron chi connectivity index (χ4n) is 3.71.